The summed E-state index contributed by atoms with van der Waals surface area (Å²) in [6, 6.07) is 8.31. The lowest BCUT2D eigenvalue weighted by Gasteiger charge is -2.43. The molecule has 1 heteroatoms. The first-order valence-electron chi connectivity index (χ1n) is 6.52. The van der Waals surface area contributed by atoms with Gasteiger partial charge in [-0.15, -0.1) is 0 Å². The SMILES string of the molecule is CC1CCC2(C=Cc3ccccc3O2)C1(C)C. The summed E-state index contributed by atoms with van der Waals surface area (Å²) in [5.74, 6) is 1.74. The van der Waals surface area contributed by atoms with Crippen LogP contribution in [0, 0.1) is 11.3 Å². The zero-order valence-electron chi connectivity index (χ0n) is 10.9. The molecular weight excluding hydrogens is 208 g/mol. The van der Waals surface area contributed by atoms with E-state index >= 15 is 0 Å². The monoisotopic (exact) mass is 228 g/mol. The third-order valence-corrected chi connectivity index (χ3v) is 5.01. The Morgan fingerprint density at radius 2 is 2.00 bits per heavy atom. The number of para-hydroxylation sites is 1. The van der Waals surface area contributed by atoms with E-state index in [1.165, 1.54) is 12.0 Å². The number of ether oxygens (including phenoxy) is 1. The minimum Gasteiger partial charge on any atom is -0.482 e. The molecule has 1 aromatic carbocycles. The lowest BCUT2D eigenvalue weighted by atomic mass is 9.72. The molecule has 1 aliphatic carbocycles. The Kier molecular flexibility index (Phi) is 2.16. The van der Waals surface area contributed by atoms with Crippen molar-refractivity contribution in [1.82, 2.24) is 0 Å². The molecule has 0 N–H and O–H groups in total. The second kappa shape index (κ2) is 3.38. The van der Waals surface area contributed by atoms with Crippen LogP contribution < -0.4 is 4.74 Å². The molecular formula is C16H20O. The molecule has 1 saturated carbocycles. The Morgan fingerprint density at radius 3 is 2.71 bits per heavy atom. The van der Waals surface area contributed by atoms with E-state index in [-0.39, 0.29) is 11.0 Å². The highest BCUT2D eigenvalue weighted by Crippen LogP contribution is 2.54. The van der Waals surface area contributed by atoms with Crippen molar-refractivity contribution in [3.8, 4) is 5.75 Å². The molecule has 0 radical (unpaired) electrons. The van der Waals surface area contributed by atoms with Crippen LogP contribution in [0.1, 0.15) is 39.2 Å². The highest BCUT2D eigenvalue weighted by atomic mass is 16.5. The van der Waals surface area contributed by atoms with E-state index in [0.29, 0.717) is 5.92 Å². The number of rotatable bonds is 0. The van der Waals surface area contributed by atoms with Crippen LogP contribution in [0.4, 0.5) is 0 Å². The van der Waals surface area contributed by atoms with Crippen molar-refractivity contribution in [2.45, 2.75) is 39.2 Å². The average molecular weight is 228 g/mol. The van der Waals surface area contributed by atoms with Gasteiger partial charge in [0.1, 0.15) is 11.4 Å². The van der Waals surface area contributed by atoms with Crippen molar-refractivity contribution in [3.63, 3.8) is 0 Å². The first-order valence-corrected chi connectivity index (χ1v) is 6.52. The summed E-state index contributed by atoms with van der Waals surface area (Å²) in [5.41, 5.74) is 1.31. The van der Waals surface area contributed by atoms with Gasteiger partial charge in [0.05, 0.1) is 0 Å². The fraction of sp³-hybridized carbons (Fsp3) is 0.500. The Bertz CT molecular complexity index is 472. The third kappa shape index (κ3) is 1.38. The molecule has 2 aliphatic rings. The van der Waals surface area contributed by atoms with Gasteiger partial charge >= 0.3 is 0 Å². The lowest BCUT2D eigenvalue weighted by molar-refractivity contribution is 0.00821. The molecule has 1 heterocycles. The second-order valence-corrected chi connectivity index (χ2v) is 6.02. The highest BCUT2D eigenvalue weighted by Gasteiger charge is 2.54. The Morgan fingerprint density at radius 1 is 1.24 bits per heavy atom. The molecule has 1 aromatic rings. The maximum Gasteiger partial charge on any atom is 0.133 e. The van der Waals surface area contributed by atoms with Crippen LogP contribution in [0.25, 0.3) is 6.08 Å². The maximum absolute atomic E-state index is 6.38. The van der Waals surface area contributed by atoms with Crippen LogP contribution >= 0.6 is 0 Å². The average Bonchev–Trinajstić information content (AvgIpc) is 2.54. The molecule has 3 rings (SSSR count). The van der Waals surface area contributed by atoms with Crippen molar-refractivity contribution in [3.05, 3.63) is 35.9 Å². The fourth-order valence-corrected chi connectivity index (χ4v) is 3.18. The summed E-state index contributed by atoms with van der Waals surface area (Å²) >= 11 is 0. The van der Waals surface area contributed by atoms with E-state index < -0.39 is 0 Å². The fourth-order valence-electron chi connectivity index (χ4n) is 3.18. The van der Waals surface area contributed by atoms with E-state index in [1.54, 1.807) is 0 Å². The lowest BCUT2D eigenvalue weighted by Crippen LogP contribution is -2.46. The summed E-state index contributed by atoms with van der Waals surface area (Å²) in [5, 5.41) is 0. The van der Waals surface area contributed by atoms with Gasteiger partial charge in [-0.25, -0.2) is 0 Å². The minimum absolute atomic E-state index is 0.0965. The molecule has 0 amide bonds. The Balaban J connectivity index is 2.05. The van der Waals surface area contributed by atoms with Gasteiger partial charge in [-0.05, 0) is 30.9 Å². The van der Waals surface area contributed by atoms with Gasteiger partial charge in [0.25, 0.3) is 0 Å². The van der Waals surface area contributed by atoms with Gasteiger partial charge in [0, 0.05) is 11.0 Å². The number of fused-ring (bicyclic) bond motifs is 1. The first-order chi connectivity index (χ1) is 8.05. The van der Waals surface area contributed by atoms with Crippen LogP contribution in [0.3, 0.4) is 0 Å². The normalized spacial score (nSPS) is 33.5. The summed E-state index contributed by atoms with van der Waals surface area (Å²) in [6.45, 7) is 7.01. The molecule has 1 aliphatic heterocycles. The zero-order chi connectivity index (χ0) is 12.1. The number of benzene rings is 1. The van der Waals surface area contributed by atoms with Gasteiger partial charge < -0.3 is 4.74 Å². The predicted molar refractivity (Wildman–Crippen MR) is 71.0 cm³/mol. The van der Waals surface area contributed by atoms with Gasteiger partial charge in [0.2, 0.25) is 0 Å². The van der Waals surface area contributed by atoms with Crippen molar-refractivity contribution in [1.29, 1.82) is 0 Å². The van der Waals surface area contributed by atoms with Crippen molar-refractivity contribution < 1.29 is 4.74 Å². The number of hydrogen-bond acceptors (Lipinski definition) is 1. The first kappa shape index (κ1) is 10.9. The topological polar surface area (TPSA) is 9.23 Å². The predicted octanol–water partition coefficient (Wildman–Crippen LogP) is 4.29. The highest BCUT2D eigenvalue weighted by molar-refractivity contribution is 5.61. The smallest absolute Gasteiger partial charge is 0.133 e. The summed E-state index contributed by atoms with van der Waals surface area (Å²) in [6.07, 6.45) is 6.91. The molecule has 0 aromatic heterocycles. The molecule has 1 fully saturated rings. The van der Waals surface area contributed by atoms with Crippen molar-refractivity contribution in [2.75, 3.05) is 0 Å². The van der Waals surface area contributed by atoms with Crippen LogP contribution in [0.5, 0.6) is 5.75 Å². The molecule has 1 nitrogen and oxygen atoms in total. The van der Waals surface area contributed by atoms with E-state index in [9.17, 15) is 0 Å². The summed E-state index contributed by atoms with van der Waals surface area (Å²) < 4.78 is 6.38. The second-order valence-electron chi connectivity index (χ2n) is 6.02. The van der Waals surface area contributed by atoms with Crippen LogP contribution in [-0.2, 0) is 0 Å². The van der Waals surface area contributed by atoms with Gasteiger partial charge in [-0.2, -0.15) is 0 Å². The summed E-state index contributed by atoms with van der Waals surface area (Å²) in [4.78, 5) is 0. The summed E-state index contributed by atoms with van der Waals surface area (Å²) in [7, 11) is 0. The molecule has 90 valence electrons. The van der Waals surface area contributed by atoms with E-state index in [1.807, 2.05) is 0 Å². The van der Waals surface area contributed by atoms with Crippen LogP contribution in [-0.4, -0.2) is 5.60 Å². The van der Waals surface area contributed by atoms with Gasteiger partial charge in [-0.3, -0.25) is 0 Å². The molecule has 0 saturated heterocycles. The van der Waals surface area contributed by atoms with Gasteiger partial charge in [0.15, 0.2) is 0 Å². The molecule has 2 atom stereocenters. The maximum atomic E-state index is 6.38. The number of hydrogen-bond donors (Lipinski definition) is 0. The minimum atomic E-state index is -0.0965. The quantitative estimate of drug-likeness (QED) is 0.643. The van der Waals surface area contributed by atoms with E-state index in [2.05, 4.69) is 57.2 Å². The van der Waals surface area contributed by atoms with E-state index in [0.717, 1.165) is 12.2 Å². The van der Waals surface area contributed by atoms with Crippen molar-refractivity contribution >= 4 is 6.08 Å². The molecule has 1 spiro atoms. The van der Waals surface area contributed by atoms with Crippen LogP contribution in [0.15, 0.2) is 30.3 Å². The zero-order valence-corrected chi connectivity index (χ0v) is 10.9. The van der Waals surface area contributed by atoms with Crippen molar-refractivity contribution in [2.24, 2.45) is 11.3 Å². The Labute approximate surface area is 103 Å². The van der Waals surface area contributed by atoms with Crippen LogP contribution in [0.2, 0.25) is 0 Å². The largest absolute Gasteiger partial charge is 0.482 e. The molecule has 0 bridgehead atoms. The Hall–Kier alpha value is -1.24. The molecule has 2 unspecified atom stereocenters. The molecule has 17 heavy (non-hydrogen) atoms. The standard InChI is InChI=1S/C16H20O/c1-12-8-10-16(15(12,2)3)11-9-13-6-4-5-7-14(13)17-16/h4-7,9,11-12H,8,10H2,1-3H3. The van der Waals surface area contributed by atoms with E-state index in [4.69, 9.17) is 4.74 Å². The third-order valence-electron chi connectivity index (χ3n) is 5.01. The van der Waals surface area contributed by atoms with Gasteiger partial charge in [-0.1, -0.05) is 45.0 Å².